The molecule has 2 unspecified atom stereocenters. The van der Waals surface area contributed by atoms with Gasteiger partial charge < -0.3 is 10.0 Å². The summed E-state index contributed by atoms with van der Waals surface area (Å²) in [6.07, 6.45) is -2.41. The Morgan fingerprint density at radius 2 is 2.19 bits per heavy atom. The van der Waals surface area contributed by atoms with Gasteiger partial charge in [0, 0.05) is 19.6 Å². The van der Waals surface area contributed by atoms with Crippen LogP contribution in [-0.2, 0) is 4.79 Å². The number of alkyl halides is 2. The maximum atomic E-state index is 12.8. The highest BCUT2D eigenvalue weighted by molar-refractivity contribution is 5.87. The maximum Gasteiger partial charge on any atom is 0.255 e. The van der Waals surface area contributed by atoms with Crippen LogP contribution in [0, 0.1) is 0 Å². The van der Waals surface area contributed by atoms with E-state index in [0.717, 1.165) is 6.08 Å². The quantitative estimate of drug-likeness (QED) is 0.714. The molecular weight excluding hydrogens is 218 g/mol. The fraction of sp³-hybridized carbons (Fsp3) is 0.700. The van der Waals surface area contributed by atoms with Crippen LogP contribution >= 0.6 is 0 Å². The van der Waals surface area contributed by atoms with Gasteiger partial charge in [-0.2, -0.15) is 0 Å². The lowest BCUT2D eigenvalue weighted by molar-refractivity contribution is -0.137. The minimum atomic E-state index is -2.59. The van der Waals surface area contributed by atoms with Crippen molar-refractivity contribution >= 4 is 5.91 Å². The number of carbonyl (C=O) groups is 1. The highest BCUT2D eigenvalue weighted by Crippen LogP contribution is 2.18. The molecule has 1 saturated heterocycles. The summed E-state index contributed by atoms with van der Waals surface area (Å²) in [7, 11) is 0. The van der Waals surface area contributed by atoms with Gasteiger partial charge >= 0.3 is 0 Å². The minimum Gasteiger partial charge on any atom is -0.379 e. The second-order valence-electron chi connectivity index (χ2n) is 3.76. The molecule has 1 aliphatic rings. The number of rotatable bonds is 3. The second kappa shape index (κ2) is 5.36. The Balaban J connectivity index is 2.72. The Bertz CT molecular complexity index is 272. The van der Waals surface area contributed by atoms with E-state index in [9.17, 15) is 18.7 Å². The van der Waals surface area contributed by atoms with Crippen molar-refractivity contribution in [1.82, 2.24) is 9.80 Å². The predicted octanol–water partition coefficient (Wildman–Crippen LogP) is 0.289. The van der Waals surface area contributed by atoms with E-state index in [-0.39, 0.29) is 19.0 Å². The van der Waals surface area contributed by atoms with Crippen molar-refractivity contribution in [3.8, 4) is 0 Å². The van der Waals surface area contributed by atoms with Crippen molar-refractivity contribution in [2.75, 3.05) is 19.6 Å². The average Bonchev–Trinajstić information content (AvgIpc) is 2.26. The lowest BCUT2D eigenvalue weighted by Gasteiger charge is -2.41. The van der Waals surface area contributed by atoms with Crippen LogP contribution in [0.25, 0.3) is 0 Å². The fourth-order valence-corrected chi connectivity index (χ4v) is 1.84. The summed E-state index contributed by atoms with van der Waals surface area (Å²) in [6.45, 7) is 5.26. The van der Waals surface area contributed by atoms with Crippen molar-refractivity contribution in [2.45, 2.75) is 25.6 Å². The Hall–Kier alpha value is -1.01. The Kier molecular flexibility index (Phi) is 4.37. The van der Waals surface area contributed by atoms with E-state index in [1.54, 1.807) is 0 Å². The Morgan fingerprint density at radius 1 is 1.56 bits per heavy atom. The summed E-state index contributed by atoms with van der Waals surface area (Å²) in [5, 5.41) is 9.35. The third-order valence-electron chi connectivity index (χ3n) is 2.72. The summed E-state index contributed by atoms with van der Waals surface area (Å²) in [6, 6.07) is -1.11. The van der Waals surface area contributed by atoms with Gasteiger partial charge in [0.1, 0.15) is 6.23 Å². The number of piperazine rings is 1. The molecule has 16 heavy (non-hydrogen) atoms. The van der Waals surface area contributed by atoms with Gasteiger partial charge in [-0.3, -0.25) is 9.69 Å². The normalized spacial score (nSPS) is 24.6. The van der Waals surface area contributed by atoms with E-state index in [1.165, 1.54) is 16.7 Å². The molecule has 1 amide bonds. The largest absolute Gasteiger partial charge is 0.379 e. The molecule has 0 aromatic rings. The first-order valence-electron chi connectivity index (χ1n) is 5.10. The molecule has 1 rings (SSSR count). The highest BCUT2D eigenvalue weighted by atomic mass is 19.3. The maximum absolute atomic E-state index is 12.8. The van der Waals surface area contributed by atoms with Gasteiger partial charge in [0.2, 0.25) is 5.91 Å². The van der Waals surface area contributed by atoms with Crippen LogP contribution in [0.5, 0.6) is 0 Å². The van der Waals surface area contributed by atoms with E-state index in [1.807, 2.05) is 0 Å². The molecule has 0 aliphatic carbocycles. The van der Waals surface area contributed by atoms with Gasteiger partial charge in [-0.1, -0.05) is 6.58 Å². The van der Waals surface area contributed by atoms with Gasteiger partial charge in [0.05, 0.1) is 6.04 Å². The van der Waals surface area contributed by atoms with E-state index in [0.29, 0.717) is 6.54 Å². The molecule has 1 heterocycles. The van der Waals surface area contributed by atoms with Crippen molar-refractivity contribution in [3.63, 3.8) is 0 Å². The number of hydrogen-bond donors (Lipinski definition) is 1. The number of aliphatic hydroxyl groups is 1. The molecule has 1 N–H and O–H groups in total. The third kappa shape index (κ3) is 2.76. The summed E-state index contributed by atoms with van der Waals surface area (Å²) >= 11 is 0. The topological polar surface area (TPSA) is 43.8 Å². The zero-order valence-corrected chi connectivity index (χ0v) is 9.14. The number of halogens is 2. The first-order valence-corrected chi connectivity index (χ1v) is 5.10. The second-order valence-corrected chi connectivity index (χ2v) is 3.76. The molecule has 1 aliphatic heterocycles. The van der Waals surface area contributed by atoms with Crippen LogP contribution in [0.4, 0.5) is 8.78 Å². The van der Waals surface area contributed by atoms with E-state index in [4.69, 9.17) is 0 Å². The summed E-state index contributed by atoms with van der Waals surface area (Å²) in [4.78, 5) is 13.9. The molecular formula is C10H16F2N2O2. The van der Waals surface area contributed by atoms with Crippen LogP contribution in [0.2, 0.25) is 0 Å². The predicted molar refractivity (Wildman–Crippen MR) is 55.0 cm³/mol. The molecule has 6 heteroatoms. The SMILES string of the molecule is C=CC(=O)N1CCN(C(C)O)C(C(F)F)C1. The number of nitrogens with zero attached hydrogens (tertiary/aromatic N) is 2. The third-order valence-corrected chi connectivity index (χ3v) is 2.72. The minimum absolute atomic E-state index is 0.0760. The molecule has 2 atom stereocenters. The molecule has 0 aromatic carbocycles. The van der Waals surface area contributed by atoms with E-state index < -0.39 is 18.7 Å². The van der Waals surface area contributed by atoms with Crippen molar-refractivity contribution in [3.05, 3.63) is 12.7 Å². The zero-order chi connectivity index (χ0) is 12.3. The molecule has 0 aromatic heterocycles. The molecule has 0 radical (unpaired) electrons. The van der Waals surface area contributed by atoms with E-state index in [2.05, 4.69) is 6.58 Å². The number of hydrogen-bond acceptors (Lipinski definition) is 3. The molecule has 0 saturated carbocycles. The van der Waals surface area contributed by atoms with Crippen molar-refractivity contribution in [1.29, 1.82) is 0 Å². The first-order chi connectivity index (χ1) is 7.47. The average molecular weight is 234 g/mol. The first kappa shape index (κ1) is 13.1. The smallest absolute Gasteiger partial charge is 0.255 e. The number of carbonyl (C=O) groups excluding carboxylic acids is 1. The van der Waals surface area contributed by atoms with Gasteiger partial charge in [0.15, 0.2) is 0 Å². The van der Waals surface area contributed by atoms with E-state index >= 15 is 0 Å². The van der Waals surface area contributed by atoms with Crippen LogP contribution in [-0.4, -0.2) is 59.1 Å². The lowest BCUT2D eigenvalue weighted by Crippen LogP contribution is -2.59. The number of amides is 1. The summed E-state index contributed by atoms with van der Waals surface area (Å²) in [5.41, 5.74) is 0. The molecule has 0 spiro atoms. The molecule has 1 fully saturated rings. The van der Waals surface area contributed by atoms with Gasteiger partial charge in [0.25, 0.3) is 6.43 Å². The van der Waals surface area contributed by atoms with Gasteiger partial charge in [-0.25, -0.2) is 8.78 Å². The Labute approximate surface area is 93.1 Å². The molecule has 92 valence electrons. The van der Waals surface area contributed by atoms with Crippen molar-refractivity contribution in [2.24, 2.45) is 0 Å². The number of aliphatic hydroxyl groups excluding tert-OH is 1. The fourth-order valence-electron chi connectivity index (χ4n) is 1.84. The van der Waals surface area contributed by atoms with Crippen LogP contribution < -0.4 is 0 Å². The highest BCUT2D eigenvalue weighted by Gasteiger charge is 2.36. The van der Waals surface area contributed by atoms with Crippen LogP contribution in [0.1, 0.15) is 6.92 Å². The van der Waals surface area contributed by atoms with Crippen LogP contribution in [0.3, 0.4) is 0 Å². The van der Waals surface area contributed by atoms with Gasteiger partial charge in [-0.05, 0) is 13.0 Å². The Morgan fingerprint density at radius 3 is 2.62 bits per heavy atom. The summed E-state index contributed by atoms with van der Waals surface area (Å²) < 4.78 is 25.5. The summed E-state index contributed by atoms with van der Waals surface area (Å²) in [5.74, 6) is -0.351. The monoisotopic (exact) mass is 234 g/mol. The van der Waals surface area contributed by atoms with Crippen molar-refractivity contribution < 1.29 is 18.7 Å². The van der Waals surface area contributed by atoms with Gasteiger partial charge in [-0.15, -0.1) is 0 Å². The standard InChI is InChI=1S/C10H16F2N2O2/c1-3-9(16)13-4-5-14(7(2)15)8(6-13)10(11)12/h3,7-8,10,15H,1,4-6H2,2H3. The zero-order valence-electron chi connectivity index (χ0n) is 9.14. The molecule has 0 bridgehead atoms. The van der Waals surface area contributed by atoms with Crippen LogP contribution in [0.15, 0.2) is 12.7 Å². The lowest BCUT2D eigenvalue weighted by atomic mass is 10.1. The molecule has 4 nitrogen and oxygen atoms in total.